The molecule has 6 nitrogen and oxygen atoms in total. The van der Waals surface area contributed by atoms with Crippen LogP contribution in [0.3, 0.4) is 0 Å². The normalized spacial score (nSPS) is 12.3. The van der Waals surface area contributed by atoms with Crippen LogP contribution in [-0.2, 0) is 16.0 Å². The average Bonchev–Trinajstić information content (AvgIpc) is 3.00. The first kappa shape index (κ1) is 18.0. The van der Waals surface area contributed by atoms with E-state index in [9.17, 15) is 4.79 Å². The Balaban J connectivity index is 2.05. The highest BCUT2D eigenvalue weighted by Crippen LogP contribution is 2.24. The molecule has 3 aromatic rings. The molecule has 0 N–H and O–H groups in total. The van der Waals surface area contributed by atoms with Crippen LogP contribution in [0, 0.1) is 13.8 Å². The van der Waals surface area contributed by atoms with Crippen molar-refractivity contribution in [3.05, 3.63) is 47.2 Å². The van der Waals surface area contributed by atoms with E-state index in [1.807, 2.05) is 52.0 Å². The number of rotatable bonds is 5. The van der Waals surface area contributed by atoms with Crippen LogP contribution in [0.5, 0.6) is 0 Å². The molecule has 0 saturated carbocycles. The van der Waals surface area contributed by atoms with Gasteiger partial charge >= 0.3 is 5.97 Å². The van der Waals surface area contributed by atoms with Gasteiger partial charge in [-0.3, -0.25) is 9.36 Å². The molecule has 6 heteroatoms. The average molecular weight is 352 g/mol. The number of aryl methyl sites for hydroxylation is 3. The third-order valence-electron chi connectivity index (χ3n) is 4.47. The predicted molar refractivity (Wildman–Crippen MR) is 101 cm³/mol. The standard InChI is InChI=1S/C20H24N4O2/c1-6-17-23-18-13(4)21-14(5)22-19(18)24(17)16-10-8-15(9-11-16)12(3)20(25)26-7-2/h8-12H,6-7H2,1-5H3. The van der Waals surface area contributed by atoms with E-state index in [1.165, 1.54) is 0 Å². The fraction of sp³-hybridized carbons (Fsp3) is 0.400. The highest BCUT2D eigenvalue weighted by molar-refractivity contribution is 5.78. The molecule has 0 saturated heterocycles. The largest absolute Gasteiger partial charge is 0.466 e. The van der Waals surface area contributed by atoms with Gasteiger partial charge in [-0.25, -0.2) is 15.0 Å². The number of nitrogens with zero attached hydrogens (tertiary/aromatic N) is 4. The van der Waals surface area contributed by atoms with Gasteiger partial charge in [0.25, 0.3) is 0 Å². The van der Waals surface area contributed by atoms with Crippen LogP contribution in [0.25, 0.3) is 16.9 Å². The summed E-state index contributed by atoms with van der Waals surface area (Å²) in [6.07, 6.45) is 0.788. The molecule has 0 spiro atoms. The number of carbonyl (C=O) groups excluding carboxylic acids is 1. The van der Waals surface area contributed by atoms with Crippen molar-refractivity contribution in [3.8, 4) is 5.69 Å². The maximum Gasteiger partial charge on any atom is 0.313 e. The molecule has 0 fully saturated rings. The molecule has 136 valence electrons. The van der Waals surface area contributed by atoms with Crippen LogP contribution >= 0.6 is 0 Å². The maximum absolute atomic E-state index is 12.0. The number of imidazole rings is 1. The fourth-order valence-electron chi connectivity index (χ4n) is 3.10. The summed E-state index contributed by atoms with van der Waals surface area (Å²) in [4.78, 5) is 25.7. The third-order valence-corrected chi connectivity index (χ3v) is 4.47. The first-order valence-electron chi connectivity index (χ1n) is 8.95. The highest BCUT2D eigenvalue weighted by Gasteiger charge is 2.18. The number of carbonyl (C=O) groups is 1. The monoisotopic (exact) mass is 352 g/mol. The number of fused-ring (bicyclic) bond motifs is 1. The Morgan fingerprint density at radius 3 is 2.42 bits per heavy atom. The Labute approximate surface area is 153 Å². The lowest BCUT2D eigenvalue weighted by Gasteiger charge is -2.13. The molecular weight excluding hydrogens is 328 g/mol. The van der Waals surface area contributed by atoms with Crippen molar-refractivity contribution < 1.29 is 9.53 Å². The minimum Gasteiger partial charge on any atom is -0.466 e. The summed E-state index contributed by atoms with van der Waals surface area (Å²) in [7, 11) is 0. The van der Waals surface area contributed by atoms with Crippen LogP contribution in [-0.4, -0.2) is 32.1 Å². The molecule has 2 heterocycles. The number of esters is 1. The fourth-order valence-corrected chi connectivity index (χ4v) is 3.10. The van der Waals surface area contributed by atoms with E-state index in [-0.39, 0.29) is 11.9 Å². The summed E-state index contributed by atoms with van der Waals surface area (Å²) >= 11 is 0. The maximum atomic E-state index is 12.0. The molecule has 0 aliphatic rings. The number of aromatic nitrogens is 4. The van der Waals surface area contributed by atoms with E-state index in [1.54, 1.807) is 0 Å². The van der Waals surface area contributed by atoms with Crippen molar-refractivity contribution >= 4 is 17.1 Å². The minimum absolute atomic E-state index is 0.207. The van der Waals surface area contributed by atoms with Crippen molar-refractivity contribution in [2.45, 2.75) is 47.0 Å². The summed E-state index contributed by atoms with van der Waals surface area (Å²) in [6.45, 7) is 9.98. The molecular formula is C20H24N4O2. The number of hydrogen-bond donors (Lipinski definition) is 0. The Kier molecular flexibility index (Phi) is 5.02. The van der Waals surface area contributed by atoms with Crippen LogP contribution < -0.4 is 0 Å². The van der Waals surface area contributed by atoms with Crippen molar-refractivity contribution in [1.29, 1.82) is 0 Å². The van der Waals surface area contributed by atoms with Crippen molar-refractivity contribution in [2.75, 3.05) is 6.61 Å². The van der Waals surface area contributed by atoms with Gasteiger partial charge in [0.05, 0.1) is 18.2 Å². The molecule has 0 amide bonds. The van der Waals surface area contributed by atoms with Crippen LogP contribution in [0.15, 0.2) is 24.3 Å². The van der Waals surface area contributed by atoms with Gasteiger partial charge in [-0.15, -0.1) is 0 Å². The second-order valence-electron chi connectivity index (χ2n) is 6.31. The van der Waals surface area contributed by atoms with E-state index in [2.05, 4.69) is 21.5 Å². The summed E-state index contributed by atoms with van der Waals surface area (Å²) < 4.78 is 7.18. The molecule has 1 atom stereocenters. The molecule has 0 radical (unpaired) electrons. The first-order chi connectivity index (χ1) is 12.5. The van der Waals surface area contributed by atoms with Crippen LogP contribution in [0.4, 0.5) is 0 Å². The van der Waals surface area contributed by atoms with Gasteiger partial charge in [-0.1, -0.05) is 19.1 Å². The smallest absolute Gasteiger partial charge is 0.313 e. The van der Waals surface area contributed by atoms with E-state index in [0.717, 1.165) is 46.2 Å². The number of ether oxygens (including phenoxy) is 1. The van der Waals surface area contributed by atoms with Crippen LogP contribution in [0.1, 0.15) is 49.6 Å². The van der Waals surface area contributed by atoms with Crippen molar-refractivity contribution in [1.82, 2.24) is 19.5 Å². The Hall–Kier alpha value is -2.76. The van der Waals surface area contributed by atoms with Gasteiger partial charge in [0.2, 0.25) is 0 Å². The summed E-state index contributed by atoms with van der Waals surface area (Å²) in [5.41, 5.74) is 4.43. The number of benzene rings is 1. The molecule has 1 unspecified atom stereocenters. The van der Waals surface area contributed by atoms with E-state index >= 15 is 0 Å². The Morgan fingerprint density at radius 1 is 1.12 bits per heavy atom. The lowest BCUT2D eigenvalue weighted by molar-refractivity contribution is -0.144. The minimum atomic E-state index is -0.291. The second kappa shape index (κ2) is 7.23. The van der Waals surface area contributed by atoms with E-state index < -0.39 is 0 Å². The lowest BCUT2D eigenvalue weighted by atomic mass is 10.0. The van der Waals surface area contributed by atoms with Crippen molar-refractivity contribution in [3.63, 3.8) is 0 Å². The molecule has 2 aromatic heterocycles. The highest BCUT2D eigenvalue weighted by atomic mass is 16.5. The Morgan fingerprint density at radius 2 is 1.81 bits per heavy atom. The zero-order valence-electron chi connectivity index (χ0n) is 15.9. The molecule has 3 rings (SSSR count). The van der Waals surface area contributed by atoms with E-state index in [0.29, 0.717) is 6.61 Å². The van der Waals surface area contributed by atoms with Gasteiger partial charge in [0.1, 0.15) is 17.2 Å². The molecule has 0 aliphatic carbocycles. The van der Waals surface area contributed by atoms with Gasteiger partial charge in [0.15, 0.2) is 5.65 Å². The molecule has 0 aliphatic heterocycles. The second-order valence-corrected chi connectivity index (χ2v) is 6.31. The first-order valence-corrected chi connectivity index (χ1v) is 8.95. The molecule has 0 bridgehead atoms. The number of hydrogen-bond acceptors (Lipinski definition) is 5. The summed E-state index contributed by atoms with van der Waals surface area (Å²) in [5, 5.41) is 0. The molecule has 1 aromatic carbocycles. The summed E-state index contributed by atoms with van der Waals surface area (Å²) in [5.74, 6) is 1.17. The Bertz CT molecular complexity index is 945. The van der Waals surface area contributed by atoms with Crippen LogP contribution in [0.2, 0.25) is 0 Å². The topological polar surface area (TPSA) is 69.9 Å². The van der Waals surface area contributed by atoms with E-state index in [4.69, 9.17) is 9.72 Å². The third kappa shape index (κ3) is 3.19. The predicted octanol–water partition coefficient (Wildman–Crippen LogP) is 3.66. The lowest BCUT2D eigenvalue weighted by Crippen LogP contribution is -2.13. The van der Waals surface area contributed by atoms with Crippen molar-refractivity contribution in [2.24, 2.45) is 0 Å². The van der Waals surface area contributed by atoms with Gasteiger partial charge in [0, 0.05) is 12.1 Å². The SMILES string of the molecule is CCOC(=O)C(C)c1ccc(-n2c(CC)nc3c(C)nc(C)nc32)cc1. The van der Waals surface area contributed by atoms with Gasteiger partial charge in [-0.05, 0) is 45.4 Å². The summed E-state index contributed by atoms with van der Waals surface area (Å²) in [6, 6.07) is 7.92. The quantitative estimate of drug-likeness (QED) is 0.655. The van der Waals surface area contributed by atoms with Gasteiger partial charge in [-0.2, -0.15) is 0 Å². The zero-order chi connectivity index (χ0) is 18.8. The zero-order valence-corrected chi connectivity index (χ0v) is 15.9. The molecule has 26 heavy (non-hydrogen) atoms. The van der Waals surface area contributed by atoms with Gasteiger partial charge < -0.3 is 4.74 Å².